The largest absolute Gasteiger partial charge is 0.445 e. The Bertz CT molecular complexity index is 562. The molecule has 0 amide bonds. The highest BCUT2D eigenvalue weighted by atomic mass is 35.7. The van der Waals surface area contributed by atoms with Crippen molar-refractivity contribution in [1.29, 1.82) is 0 Å². The summed E-state index contributed by atoms with van der Waals surface area (Å²) in [5, 5.41) is 0. The van der Waals surface area contributed by atoms with Crippen molar-refractivity contribution in [3.8, 4) is 0 Å². The number of fused-ring (bicyclic) bond motifs is 1. The number of rotatable bonds is 1. The van der Waals surface area contributed by atoms with E-state index in [1.807, 2.05) is 0 Å². The first-order valence-corrected chi connectivity index (χ1v) is 8.40. The van der Waals surface area contributed by atoms with Crippen LogP contribution in [0.4, 0.5) is 17.6 Å². The van der Waals surface area contributed by atoms with Crippen molar-refractivity contribution in [2.24, 2.45) is 5.92 Å². The Labute approximate surface area is 114 Å². The van der Waals surface area contributed by atoms with Crippen molar-refractivity contribution in [2.75, 3.05) is 0 Å². The average molecular weight is 311 g/mol. The minimum absolute atomic E-state index is 0.0939. The lowest BCUT2D eigenvalue weighted by molar-refractivity contribution is -0.0362. The quantitative estimate of drug-likeness (QED) is 0.573. The molecule has 0 aromatic heterocycles. The molecule has 3 rings (SSSR count). The zero-order valence-corrected chi connectivity index (χ0v) is 11.4. The number of allylic oxidation sites excluding steroid dienone is 1. The Balaban J connectivity index is 2.17. The molecule has 1 fully saturated rings. The molecular weight excluding hydrogens is 300 g/mol. The SMILES string of the molecule is Fc1ccc2c(c1)S(Cl)(C(F)(F)F)C(C1CCC1)=C2. The van der Waals surface area contributed by atoms with Gasteiger partial charge in [-0.25, -0.2) is 4.39 Å². The number of halogens is 5. The van der Waals surface area contributed by atoms with E-state index in [2.05, 4.69) is 0 Å². The predicted molar refractivity (Wildman–Crippen MR) is 69.5 cm³/mol. The van der Waals surface area contributed by atoms with Gasteiger partial charge in [-0.2, -0.15) is 13.2 Å². The van der Waals surface area contributed by atoms with Crippen LogP contribution in [0.15, 0.2) is 28.0 Å². The third-order valence-corrected chi connectivity index (χ3v) is 7.98. The van der Waals surface area contributed by atoms with Crippen LogP contribution in [-0.4, -0.2) is 5.51 Å². The molecule has 1 heterocycles. The molecule has 0 spiro atoms. The van der Waals surface area contributed by atoms with Gasteiger partial charge in [0.2, 0.25) is 0 Å². The average Bonchev–Trinajstić information content (AvgIpc) is 2.52. The molecule has 0 saturated heterocycles. The first-order valence-electron chi connectivity index (χ1n) is 5.94. The maximum Gasteiger partial charge on any atom is 0.445 e. The number of hydrogen-bond acceptors (Lipinski definition) is 0. The zero-order valence-electron chi connectivity index (χ0n) is 9.81. The maximum absolute atomic E-state index is 13.5. The summed E-state index contributed by atoms with van der Waals surface area (Å²) in [5.41, 5.74) is -4.14. The van der Waals surface area contributed by atoms with Crippen LogP contribution in [0.3, 0.4) is 0 Å². The van der Waals surface area contributed by atoms with Gasteiger partial charge in [-0.3, -0.25) is 0 Å². The van der Waals surface area contributed by atoms with Gasteiger partial charge in [-0.15, -0.1) is 0 Å². The highest BCUT2D eigenvalue weighted by molar-refractivity contribution is 8.54. The van der Waals surface area contributed by atoms with Crippen molar-refractivity contribution in [3.63, 3.8) is 0 Å². The summed E-state index contributed by atoms with van der Waals surface area (Å²) in [4.78, 5) is 0.164. The summed E-state index contributed by atoms with van der Waals surface area (Å²) in [6.07, 6.45) is 3.92. The third-order valence-electron chi connectivity index (χ3n) is 3.73. The minimum atomic E-state index is -4.55. The van der Waals surface area contributed by atoms with Crippen LogP contribution in [0.1, 0.15) is 24.8 Å². The Morgan fingerprint density at radius 1 is 1.21 bits per heavy atom. The fourth-order valence-corrected chi connectivity index (χ4v) is 5.93. The van der Waals surface area contributed by atoms with Gasteiger partial charge < -0.3 is 0 Å². The molecule has 1 atom stereocenters. The Morgan fingerprint density at radius 2 is 1.89 bits per heavy atom. The van der Waals surface area contributed by atoms with Crippen LogP contribution < -0.4 is 0 Å². The third kappa shape index (κ3) is 1.82. The lowest BCUT2D eigenvalue weighted by Crippen LogP contribution is -2.23. The molecule has 2 aliphatic rings. The second kappa shape index (κ2) is 4.16. The smallest absolute Gasteiger partial charge is 0.207 e. The lowest BCUT2D eigenvalue weighted by Gasteiger charge is -2.40. The standard InChI is InChI=1S/C13H11ClF4S/c14-19(13(16,17)18)11(8-2-1-3-8)6-9-4-5-10(15)7-12(9)19/h4-8H,1-3H2. The highest BCUT2D eigenvalue weighted by Gasteiger charge is 2.57. The molecular formula is C13H11ClF4S. The maximum atomic E-state index is 13.5. The fraction of sp³-hybridized carbons (Fsp3) is 0.385. The highest BCUT2D eigenvalue weighted by Crippen LogP contribution is 2.81. The van der Waals surface area contributed by atoms with Gasteiger partial charge in [0.1, 0.15) is 5.82 Å². The summed E-state index contributed by atoms with van der Waals surface area (Å²) >= 11 is 0. The minimum Gasteiger partial charge on any atom is -0.207 e. The van der Waals surface area contributed by atoms with Crippen LogP contribution in [0, 0.1) is 11.7 Å². The van der Waals surface area contributed by atoms with E-state index in [1.165, 1.54) is 18.2 Å². The Morgan fingerprint density at radius 3 is 2.42 bits per heavy atom. The van der Waals surface area contributed by atoms with Crippen molar-refractivity contribution in [2.45, 2.75) is 29.7 Å². The molecule has 6 heteroatoms. The van der Waals surface area contributed by atoms with Crippen LogP contribution in [0.25, 0.3) is 6.08 Å². The van der Waals surface area contributed by atoms with E-state index in [9.17, 15) is 17.6 Å². The van der Waals surface area contributed by atoms with E-state index in [0.29, 0.717) is 5.56 Å². The molecule has 1 saturated carbocycles. The summed E-state index contributed by atoms with van der Waals surface area (Å²) in [6, 6.07) is 3.49. The van der Waals surface area contributed by atoms with Crippen LogP contribution in [0.5, 0.6) is 0 Å². The first-order chi connectivity index (χ1) is 8.84. The monoisotopic (exact) mass is 310 g/mol. The molecule has 0 nitrogen and oxygen atoms in total. The zero-order chi connectivity index (χ0) is 13.8. The first kappa shape index (κ1) is 13.3. The number of hydrogen-bond donors (Lipinski definition) is 0. The van der Waals surface area contributed by atoms with E-state index in [4.69, 9.17) is 10.7 Å². The van der Waals surface area contributed by atoms with Crippen molar-refractivity contribution in [1.82, 2.24) is 0 Å². The van der Waals surface area contributed by atoms with E-state index in [0.717, 1.165) is 25.3 Å². The molecule has 19 heavy (non-hydrogen) atoms. The van der Waals surface area contributed by atoms with Gasteiger partial charge in [-0.1, -0.05) is 12.5 Å². The van der Waals surface area contributed by atoms with Gasteiger partial charge in [0.25, 0.3) is 0 Å². The molecule has 0 bridgehead atoms. The van der Waals surface area contributed by atoms with Gasteiger partial charge in [-0.05, 0) is 67.4 Å². The van der Waals surface area contributed by atoms with Crippen molar-refractivity contribution in [3.05, 3.63) is 34.5 Å². The predicted octanol–water partition coefficient (Wildman–Crippen LogP) is 5.82. The van der Waals surface area contributed by atoms with Crippen LogP contribution >= 0.6 is 19.9 Å². The van der Waals surface area contributed by atoms with Gasteiger partial charge in [0.15, 0.2) is 0 Å². The number of benzene rings is 1. The molecule has 1 aromatic carbocycles. The summed E-state index contributed by atoms with van der Waals surface area (Å²) in [7, 11) is 2.44. The molecule has 1 aromatic rings. The Hall–Kier alpha value is -0.680. The van der Waals surface area contributed by atoms with E-state index < -0.39 is 20.6 Å². The van der Waals surface area contributed by atoms with Crippen LogP contribution in [-0.2, 0) is 0 Å². The van der Waals surface area contributed by atoms with Gasteiger partial charge >= 0.3 is 5.51 Å². The topological polar surface area (TPSA) is 0 Å². The molecule has 1 aliphatic heterocycles. The second-order valence-electron chi connectivity index (χ2n) is 4.84. The molecule has 1 unspecified atom stereocenters. The summed E-state index contributed by atoms with van der Waals surface area (Å²) in [6.45, 7) is 0. The lowest BCUT2D eigenvalue weighted by atomic mass is 9.85. The van der Waals surface area contributed by atoms with E-state index in [-0.39, 0.29) is 15.7 Å². The second-order valence-corrected chi connectivity index (χ2v) is 8.68. The molecule has 0 N–H and O–H groups in total. The summed E-state index contributed by atoms with van der Waals surface area (Å²) < 4.78 is 53.7. The number of alkyl halides is 3. The fourth-order valence-electron chi connectivity index (χ4n) is 2.53. The van der Waals surface area contributed by atoms with Gasteiger partial charge in [0.05, 0.1) is 0 Å². The molecule has 1 aliphatic carbocycles. The molecule has 104 valence electrons. The summed E-state index contributed by atoms with van der Waals surface area (Å²) in [5.74, 6) is -0.784. The van der Waals surface area contributed by atoms with Gasteiger partial charge in [0, 0.05) is 4.90 Å². The Kier molecular flexibility index (Phi) is 2.91. The van der Waals surface area contributed by atoms with E-state index in [1.54, 1.807) is 0 Å². The van der Waals surface area contributed by atoms with Crippen LogP contribution in [0.2, 0.25) is 0 Å². The van der Waals surface area contributed by atoms with Crippen molar-refractivity contribution < 1.29 is 17.6 Å². The molecule has 0 radical (unpaired) electrons. The van der Waals surface area contributed by atoms with E-state index >= 15 is 0 Å². The van der Waals surface area contributed by atoms with Crippen molar-refractivity contribution >= 4 is 26.0 Å². The normalized spacial score (nSPS) is 30.3.